The Labute approximate surface area is 172 Å². The molecular formula is C19H23N7O2S. The highest BCUT2D eigenvalue weighted by molar-refractivity contribution is 8.18. The second-order valence-electron chi connectivity index (χ2n) is 7.92. The Morgan fingerprint density at radius 1 is 1.34 bits per heavy atom. The Morgan fingerprint density at radius 2 is 2.17 bits per heavy atom. The Morgan fingerprint density at radius 3 is 2.83 bits per heavy atom. The molecule has 152 valence electrons. The number of imide groups is 1. The first kappa shape index (κ1) is 18.4. The number of hydrogen-bond donors (Lipinski definition) is 2. The molecular weight excluding hydrogens is 390 g/mol. The van der Waals surface area contributed by atoms with Crippen molar-refractivity contribution < 1.29 is 9.59 Å². The number of anilines is 2. The lowest BCUT2D eigenvalue weighted by Gasteiger charge is -2.26. The topological polar surface area (TPSA) is 94.9 Å². The van der Waals surface area contributed by atoms with Gasteiger partial charge in [0.05, 0.1) is 11.1 Å². The number of nitrogens with one attached hydrogen (secondary N) is 2. The van der Waals surface area contributed by atoms with Gasteiger partial charge in [-0.2, -0.15) is 9.61 Å². The van der Waals surface area contributed by atoms with E-state index in [0.29, 0.717) is 22.6 Å². The molecule has 4 heterocycles. The summed E-state index contributed by atoms with van der Waals surface area (Å²) >= 11 is 0.902. The summed E-state index contributed by atoms with van der Waals surface area (Å²) in [4.78, 5) is 33.2. The number of nitrogens with zero attached hydrogens (tertiary/aromatic N) is 5. The molecule has 5 rings (SSSR count). The molecule has 2 aromatic heterocycles. The smallest absolute Gasteiger partial charge is 0.290 e. The third kappa shape index (κ3) is 3.58. The van der Waals surface area contributed by atoms with E-state index < -0.39 is 0 Å². The van der Waals surface area contributed by atoms with Gasteiger partial charge >= 0.3 is 0 Å². The maximum atomic E-state index is 12.0. The van der Waals surface area contributed by atoms with Crippen molar-refractivity contribution in [3.8, 4) is 0 Å². The van der Waals surface area contributed by atoms with Gasteiger partial charge in [0, 0.05) is 37.3 Å². The lowest BCUT2D eigenvalue weighted by Crippen LogP contribution is -2.34. The van der Waals surface area contributed by atoms with Crippen LogP contribution in [0.5, 0.6) is 0 Å². The molecule has 3 fully saturated rings. The van der Waals surface area contributed by atoms with Crippen LogP contribution in [0.2, 0.25) is 0 Å². The van der Waals surface area contributed by atoms with Gasteiger partial charge in [0.2, 0.25) is 0 Å². The number of carbonyl (C=O) groups is 2. The van der Waals surface area contributed by atoms with Crippen LogP contribution < -0.4 is 15.5 Å². The van der Waals surface area contributed by atoms with E-state index >= 15 is 0 Å². The number of rotatable bonds is 5. The molecule has 0 aromatic carbocycles. The summed E-state index contributed by atoms with van der Waals surface area (Å²) in [6.45, 7) is 2.08. The molecule has 2 saturated heterocycles. The number of hydrogen-bond acceptors (Lipinski definition) is 8. The molecule has 29 heavy (non-hydrogen) atoms. The molecule has 1 aliphatic carbocycles. The van der Waals surface area contributed by atoms with Crippen molar-refractivity contribution >= 4 is 46.3 Å². The third-order valence-corrected chi connectivity index (χ3v) is 6.43. The average molecular weight is 414 g/mol. The number of carbonyl (C=O) groups excluding carboxylic acids is 2. The minimum Gasteiger partial charge on any atom is -0.367 e. The highest BCUT2D eigenvalue weighted by atomic mass is 32.2. The predicted molar refractivity (Wildman–Crippen MR) is 113 cm³/mol. The highest BCUT2D eigenvalue weighted by Crippen LogP contribution is 2.31. The first-order chi connectivity index (χ1) is 14.0. The largest absolute Gasteiger partial charge is 0.367 e. The van der Waals surface area contributed by atoms with Gasteiger partial charge in [-0.3, -0.25) is 14.9 Å². The minimum absolute atomic E-state index is 0.354. The summed E-state index contributed by atoms with van der Waals surface area (Å²) < 4.78 is 1.78. The summed E-state index contributed by atoms with van der Waals surface area (Å²) in [6, 6.07) is 2.92. The average Bonchev–Trinajstić information content (AvgIpc) is 3.09. The Balaban J connectivity index is 1.56. The van der Waals surface area contributed by atoms with Gasteiger partial charge in [-0.05, 0) is 50.7 Å². The molecule has 2 amide bonds. The predicted octanol–water partition coefficient (Wildman–Crippen LogP) is 1.77. The summed E-state index contributed by atoms with van der Waals surface area (Å²) in [5.41, 5.74) is 1.39. The van der Waals surface area contributed by atoms with E-state index in [1.54, 1.807) is 16.8 Å². The number of likely N-dealkylation sites (tertiary alicyclic amines) is 1. The van der Waals surface area contributed by atoms with Crippen molar-refractivity contribution in [2.45, 2.75) is 31.3 Å². The second kappa shape index (κ2) is 7.03. The third-order valence-electron chi connectivity index (χ3n) is 5.62. The fraction of sp³-hybridized carbons (Fsp3) is 0.474. The molecule has 0 radical (unpaired) electrons. The zero-order chi connectivity index (χ0) is 20.1. The molecule has 2 aromatic rings. The van der Waals surface area contributed by atoms with Crippen LogP contribution in [0.15, 0.2) is 17.2 Å². The maximum Gasteiger partial charge on any atom is 0.290 e. The lowest BCUT2D eigenvalue weighted by molar-refractivity contribution is -0.115. The fourth-order valence-corrected chi connectivity index (χ4v) is 4.44. The van der Waals surface area contributed by atoms with Crippen molar-refractivity contribution in [2.24, 2.45) is 0 Å². The van der Waals surface area contributed by atoms with Crippen LogP contribution in [0, 0.1) is 0 Å². The Hall–Kier alpha value is -2.59. The standard InChI is InChI=1S/C19H23N7O2S/c1-24-6-5-13(10-24)25(2)15-8-16(21-12-3-4-12)26-17(22-15)11(9-20-26)7-14-18(27)23-19(28)29-14/h7-9,12-13,21H,3-6,10H2,1-2H3,(H,23,27,28)/b14-7-. The van der Waals surface area contributed by atoms with E-state index in [0.717, 1.165) is 61.3 Å². The minimum atomic E-state index is -0.377. The van der Waals surface area contributed by atoms with E-state index in [1.807, 2.05) is 6.07 Å². The van der Waals surface area contributed by atoms with Crippen LogP contribution in [0.25, 0.3) is 11.7 Å². The number of thioether (sulfide) groups is 1. The van der Waals surface area contributed by atoms with E-state index in [4.69, 9.17) is 4.98 Å². The number of aromatic nitrogens is 3. The summed E-state index contributed by atoms with van der Waals surface area (Å²) in [7, 11) is 4.22. The molecule has 0 bridgehead atoms. The fourth-order valence-electron chi connectivity index (χ4n) is 3.77. The van der Waals surface area contributed by atoms with Crippen molar-refractivity contribution in [1.82, 2.24) is 24.8 Å². The maximum absolute atomic E-state index is 12.0. The van der Waals surface area contributed by atoms with Crippen molar-refractivity contribution in [3.63, 3.8) is 0 Å². The van der Waals surface area contributed by atoms with E-state index in [9.17, 15) is 9.59 Å². The Bertz CT molecular complexity index is 1030. The van der Waals surface area contributed by atoms with Gasteiger partial charge in [-0.15, -0.1) is 0 Å². The molecule has 9 nitrogen and oxygen atoms in total. The first-order valence-corrected chi connectivity index (χ1v) is 10.6. The Kier molecular flexibility index (Phi) is 4.47. The van der Waals surface area contributed by atoms with Crippen LogP contribution >= 0.6 is 11.8 Å². The van der Waals surface area contributed by atoms with Crippen molar-refractivity contribution in [2.75, 3.05) is 37.4 Å². The molecule has 1 atom stereocenters. The number of fused-ring (bicyclic) bond motifs is 1. The van der Waals surface area contributed by atoms with Crippen LogP contribution in [0.4, 0.5) is 16.4 Å². The van der Waals surface area contributed by atoms with Crippen LogP contribution in [0.1, 0.15) is 24.8 Å². The second-order valence-corrected chi connectivity index (χ2v) is 8.94. The van der Waals surface area contributed by atoms with Crippen LogP contribution in [-0.2, 0) is 4.79 Å². The van der Waals surface area contributed by atoms with Gasteiger partial charge in [-0.1, -0.05) is 0 Å². The van der Waals surface area contributed by atoms with Gasteiger partial charge in [0.1, 0.15) is 11.6 Å². The zero-order valence-electron chi connectivity index (χ0n) is 16.4. The van der Waals surface area contributed by atoms with E-state index in [2.05, 4.69) is 39.6 Å². The van der Waals surface area contributed by atoms with Gasteiger partial charge in [0.25, 0.3) is 11.1 Å². The summed E-state index contributed by atoms with van der Waals surface area (Å²) in [6.07, 6.45) is 6.78. The molecule has 10 heteroatoms. The molecule has 2 N–H and O–H groups in total. The van der Waals surface area contributed by atoms with Crippen LogP contribution in [0.3, 0.4) is 0 Å². The molecule has 2 aliphatic heterocycles. The lowest BCUT2D eigenvalue weighted by atomic mass is 10.2. The highest BCUT2D eigenvalue weighted by Gasteiger charge is 2.28. The zero-order valence-corrected chi connectivity index (χ0v) is 17.2. The molecule has 1 saturated carbocycles. The SMILES string of the molecule is CN1CCC(N(C)c2cc(NC3CC3)n3ncc(/C=C4\SC(=O)NC4=O)c3n2)C1. The monoisotopic (exact) mass is 413 g/mol. The van der Waals surface area contributed by atoms with Crippen molar-refractivity contribution in [1.29, 1.82) is 0 Å². The van der Waals surface area contributed by atoms with E-state index in [1.165, 1.54) is 0 Å². The van der Waals surface area contributed by atoms with E-state index in [-0.39, 0.29) is 11.1 Å². The van der Waals surface area contributed by atoms with Gasteiger partial charge in [0.15, 0.2) is 5.65 Å². The molecule has 3 aliphatic rings. The summed E-state index contributed by atoms with van der Waals surface area (Å²) in [5.74, 6) is 1.40. The molecule has 1 unspecified atom stereocenters. The number of amides is 2. The quantitative estimate of drug-likeness (QED) is 0.716. The summed E-state index contributed by atoms with van der Waals surface area (Å²) in [5, 5.41) is 9.96. The van der Waals surface area contributed by atoms with Gasteiger partial charge in [-0.25, -0.2) is 4.98 Å². The first-order valence-electron chi connectivity index (χ1n) is 9.79. The molecule has 0 spiro atoms. The normalized spacial score (nSPS) is 23.9. The number of likely N-dealkylation sites (N-methyl/N-ethyl adjacent to an activating group) is 2. The van der Waals surface area contributed by atoms with Gasteiger partial charge < -0.3 is 15.1 Å². The van der Waals surface area contributed by atoms with Crippen LogP contribution in [-0.4, -0.2) is 69.9 Å². The van der Waals surface area contributed by atoms with Crippen molar-refractivity contribution in [3.05, 3.63) is 22.7 Å².